The van der Waals surface area contributed by atoms with E-state index < -0.39 is 5.97 Å². The molecule has 76 valence electrons. The molecule has 0 amide bonds. The van der Waals surface area contributed by atoms with Crippen LogP contribution in [0, 0.1) is 0 Å². The Hall–Kier alpha value is -2.10. The molecular formula is C11H9NO3. The average molecular weight is 203 g/mol. The number of pyridine rings is 1. The highest BCUT2D eigenvalue weighted by Gasteiger charge is 2.07. The summed E-state index contributed by atoms with van der Waals surface area (Å²) in [5.41, 5.74) is 1.07. The highest BCUT2D eigenvalue weighted by Crippen LogP contribution is 2.23. The maximum atomic E-state index is 10.5. The fraction of sp³-hybridized carbons (Fsp3) is 0.0909. The van der Waals surface area contributed by atoms with Crippen LogP contribution in [0.1, 0.15) is 5.56 Å². The summed E-state index contributed by atoms with van der Waals surface area (Å²) in [6.07, 6.45) is 1.43. The third-order valence-electron chi connectivity index (χ3n) is 2.15. The lowest BCUT2D eigenvalue weighted by atomic mass is 10.1. The molecule has 2 rings (SSSR count). The Kier molecular flexibility index (Phi) is 2.25. The van der Waals surface area contributed by atoms with Crippen LogP contribution in [0.25, 0.3) is 10.9 Å². The number of hydrogen-bond acceptors (Lipinski definition) is 3. The molecule has 0 aliphatic rings. The molecule has 0 radical (unpaired) electrons. The van der Waals surface area contributed by atoms with Gasteiger partial charge in [0.25, 0.3) is 0 Å². The smallest absolute Gasteiger partial charge is 0.307 e. The van der Waals surface area contributed by atoms with E-state index >= 15 is 0 Å². The van der Waals surface area contributed by atoms with Crippen molar-refractivity contribution in [1.82, 2.24) is 4.98 Å². The number of carboxylic acids is 1. The number of aromatic nitrogens is 1. The second-order valence-electron chi connectivity index (χ2n) is 3.25. The van der Waals surface area contributed by atoms with Gasteiger partial charge in [-0.05, 0) is 18.2 Å². The molecule has 2 N–H and O–H groups in total. The van der Waals surface area contributed by atoms with E-state index in [0.29, 0.717) is 11.1 Å². The van der Waals surface area contributed by atoms with Gasteiger partial charge in [0.2, 0.25) is 0 Å². The molecule has 1 aromatic carbocycles. The van der Waals surface area contributed by atoms with Gasteiger partial charge < -0.3 is 10.2 Å². The van der Waals surface area contributed by atoms with Crippen LogP contribution < -0.4 is 0 Å². The van der Waals surface area contributed by atoms with E-state index in [2.05, 4.69) is 4.98 Å². The van der Waals surface area contributed by atoms with Crippen molar-refractivity contribution >= 4 is 16.9 Å². The quantitative estimate of drug-likeness (QED) is 0.777. The van der Waals surface area contributed by atoms with Crippen molar-refractivity contribution in [2.24, 2.45) is 0 Å². The van der Waals surface area contributed by atoms with E-state index in [1.54, 1.807) is 18.3 Å². The van der Waals surface area contributed by atoms with Crippen molar-refractivity contribution in [3.05, 3.63) is 36.0 Å². The number of phenolic OH excluding ortho intramolecular Hbond substituents is 1. The molecule has 0 aliphatic carbocycles. The number of hydrogen-bond donors (Lipinski definition) is 2. The molecule has 0 saturated carbocycles. The summed E-state index contributed by atoms with van der Waals surface area (Å²) >= 11 is 0. The molecule has 4 heteroatoms. The van der Waals surface area contributed by atoms with Gasteiger partial charge in [0.05, 0.1) is 11.9 Å². The summed E-state index contributed by atoms with van der Waals surface area (Å²) in [6, 6.07) is 6.70. The molecule has 15 heavy (non-hydrogen) atoms. The van der Waals surface area contributed by atoms with Gasteiger partial charge in [-0.25, -0.2) is 0 Å². The van der Waals surface area contributed by atoms with Crippen molar-refractivity contribution in [2.45, 2.75) is 6.42 Å². The first kappa shape index (κ1) is 9.45. The number of carbonyl (C=O) groups is 1. The standard InChI is InChI=1S/C11H9NO3/c13-10-5-7-2-1-3-12-9(7)4-8(10)6-11(14)15/h1-5,13H,6H2,(H,14,15). The van der Waals surface area contributed by atoms with Crippen LogP contribution >= 0.6 is 0 Å². The number of aromatic hydroxyl groups is 1. The van der Waals surface area contributed by atoms with E-state index in [0.717, 1.165) is 5.39 Å². The number of fused-ring (bicyclic) bond motifs is 1. The number of benzene rings is 1. The SMILES string of the molecule is O=C(O)Cc1cc2ncccc2cc1O. The molecule has 0 unspecified atom stereocenters. The Morgan fingerprint density at radius 2 is 2.20 bits per heavy atom. The average Bonchev–Trinajstić information content (AvgIpc) is 2.18. The van der Waals surface area contributed by atoms with E-state index in [4.69, 9.17) is 5.11 Å². The van der Waals surface area contributed by atoms with Crippen molar-refractivity contribution in [1.29, 1.82) is 0 Å². The summed E-state index contributed by atoms with van der Waals surface area (Å²) in [5.74, 6) is -0.974. The summed E-state index contributed by atoms with van der Waals surface area (Å²) < 4.78 is 0. The van der Waals surface area contributed by atoms with Crippen LogP contribution in [0.3, 0.4) is 0 Å². The third-order valence-corrected chi connectivity index (χ3v) is 2.15. The number of phenols is 1. The van der Waals surface area contributed by atoms with Crippen LogP contribution in [-0.4, -0.2) is 21.2 Å². The van der Waals surface area contributed by atoms with Gasteiger partial charge in [-0.15, -0.1) is 0 Å². The Bertz CT molecular complexity index is 522. The minimum absolute atomic E-state index is 0.00194. The van der Waals surface area contributed by atoms with Gasteiger partial charge in [-0.1, -0.05) is 6.07 Å². The molecule has 0 aliphatic heterocycles. The zero-order chi connectivity index (χ0) is 10.8. The number of aliphatic carboxylic acids is 1. The molecular weight excluding hydrogens is 194 g/mol. The lowest BCUT2D eigenvalue weighted by Crippen LogP contribution is -2.00. The minimum atomic E-state index is -0.972. The molecule has 0 atom stereocenters. The van der Waals surface area contributed by atoms with Crippen LogP contribution in [-0.2, 0) is 11.2 Å². The van der Waals surface area contributed by atoms with Gasteiger partial charge in [0.1, 0.15) is 5.75 Å². The number of nitrogens with zero attached hydrogens (tertiary/aromatic N) is 1. The van der Waals surface area contributed by atoms with Crippen molar-refractivity contribution in [3.63, 3.8) is 0 Å². The Balaban J connectivity index is 2.56. The summed E-state index contributed by atoms with van der Waals surface area (Å²) in [4.78, 5) is 14.6. The van der Waals surface area contributed by atoms with Gasteiger partial charge in [0, 0.05) is 17.1 Å². The summed E-state index contributed by atoms with van der Waals surface area (Å²) in [7, 11) is 0. The second-order valence-corrected chi connectivity index (χ2v) is 3.25. The van der Waals surface area contributed by atoms with Gasteiger partial charge in [0.15, 0.2) is 0 Å². The molecule has 0 bridgehead atoms. The molecule has 1 aromatic heterocycles. The second kappa shape index (κ2) is 3.57. The first-order valence-electron chi connectivity index (χ1n) is 4.45. The van der Waals surface area contributed by atoms with Crippen LogP contribution in [0.15, 0.2) is 30.5 Å². The van der Waals surface area contributed by atoms with E-state index in [9.17, 15) is 9.90 Å². The van der Waals surface area contributed by atoms with E-state index in [-0.39, 0.29) is 12.2 Å². The van der Waals surface area contributed by atoms with Crippen LogP contribution in [0.4, 0.5) is 0 Å². The first-order chi connectivity index (χ1) is 7.16. The summed E-state index contributed by atoms with van der Waals surface area (Å²) in [5, 5.41) is 19.0. The van der Waals surface area contributed by atoms with Crippen LogP contribution in [0.5, 0.6) is 5.75 Å². The molecule has 0 saturated heterocycles. The van der Waals surface area contributed by atoms with Gasteiger partial charge in [-0.2, -0.15) is 0 Å². The highest BCUT2D eigenvalue weighted by atomic mass is 16.4. The molecule has 4 nitrogen and oxygen atoms in total. The van der Waals surface area contributed by atoms with Crippen molar-refractivity contribution in [2.75, 3.05) is 0 Å². The predicted octanol–water partition coefficient (Wildman–Crippen LogP) is 1.57. The Morgan fingerprint density at radius 3 is 2.93 bits per heavy atom. The van der Waals surface area contributed by atoms with Gasteiger partial charge in [-0.3, -0.25) is 9.78 Å². The fourth-order valence-electron chi connectivity index (χ4n) is 1.46. The predicted molar refractivity (Wildman–Crippen MR) is 54.7 cm³/mol. The number of carboxylic acid groups (broad SMARTS) is 1. The fourth-order valence-corrected chi connectivity index (χ4v) is 1.46. The van der Waals surface area contributed by atoms with Gasteiger partial charge >= 0.3 is 5.97 Å². The first-order valence-corrected chi connectivity index (χ1v) is 4.45. The third kappa shape index (κ3) is 1.88. The minimum Gasteiger partial charge on any atom is -0.508 e. The number of rotatable bonds is 2. The molecule has 1 heterocycles. The van der Waals surface area contributed by atoms with Crippen molar-refractivity contribution < 1.29 is 15.0 Å². The lowest BCUT2D eigenvalue weighted by molar-refractivity contribution is -0.136. The van der Waals surface area contributed by atoms with Crippen LogP contribution in [0.2, 0.25) is 0 Å². The molecule has 2 aromatic rings. The maximum absolute atomic E-state index is 10.5. The maximum Gasteiger partial charge on any atom is 0.307 e. The van der Waals surface area contributed by atoms with E-state index in [1.165, 1.54) is 6.07 Å². The highest BCUT2D eigenvalue weighted by molar-refractivity contribution is 5.83. The normalized spacial score (nSPS) is 10.4. The summed E-state index contributed by atoms with van der Waals surface area (Å²) in [6.45, 7) is 0. The largest absolute Gasteiger partial charge is 0.508 e. The molecule has 0 spiro atoms. The lowest BCUT2D eigenvalue weighted by Gasteiger charge is -2.03. The van der Waals surface area contributed by atoms with Crippen molar-refractivity contribution in [3.8, 4) is 5.75 Å². The Morgan fingerprint density at radius 1 is 1.40 bits per heavy atom. The molecule has 0 fully saturated rings. The van der Waals surface area contributed by atoms with E-state index in [1.807, 2.05) is 6.07 Å². The topological polar surface area (TPSA) is 70.4 Å². The monoisotopic (exact) mass is 203 g/mol. The Labute approximate surface area is 85.8 Å². The zero-order valence-electron chi connectivity index (χ0n) is 7.84. The zero-order valence-corrected chi connectivity index (χ0v) is 7.84.